The molecule has 0 fully saturated rings. The third-order valence-corrected chi connectivity index (χ3v) is 4.40. The number of ether oxygens (including phenoxy) is 1. The number of rotatable bonds is 7. The summed E-state index contributed by atoms with van der Waals surface area (Å²) in [6.07, 6.45) is 1.96. The topological polar surface area (TPSA) is 98.1 Å². The van der Waals surface area contributed by atoms with Gasteiger partial charge in [-0.1, -0.05) is 13.3 Å². The maximum atomic E-state index is 12.1. The van der Waals surface area contributed by atoms with E-state index in [-0.39, 0.29) is 17.5 Å². The number of nitrogens with zero attached hydrogens (tertiary/aromatic N) is 1. The number of hydrogen-bond acceptors (Lipinski definition) is 5. The number of nitrogen functional groups attached to an aromatic ring is 1. The van der Waals surface area contributed by atoms with Gasteiger partial charge in [-0.2, -0.15) is 0 Å². The fraction of sp³-hybridized carbons (Fsp3) is 0.462. The van der Waals surface area contributed by atoms with Gasteiger partial charge in [0.2, 0.25) is 15.0 Å². The molecule has 0 aliphatic carbocycles. The van der Waals surface area contributed by atoms with Crippen molar-refractivity contribution in [3.05, 3.63) is 18.2 Å². The predicted octanol–water partition coefficient (Wildman–Crippen LogP) is 1.74. The molecule has 2 aromatic rings. The minimum atomic E-state index is -3.45. The van der Waals surface area contributed by atoms with E-state index in [0.717, 1.165) is 12.8 Å². The summed E-state index contributed by atoms with van der Waals surface area (Å²) < 4.78 is 29.5. The second-order valence-corrected chi connectivity index (χ2v) is 6.63. The number of anilines is 1. The Bertz CT molecular complexity index is 679. The van der Waals surface area contributed by atoms with Crippen molar-refractivity contribution in [1.29, 1.82) is 0 Å². The quantitative estimate of drug-likeness (QED) is 0.599. The van der Waals surface area contributed by atoms with Crippen LogP contribution in [0.25, 0.3) is 11.0 Å². The van der Waals surface area contributed by atoms with E-state index in [4.69, 9.17) is 10.5 Å². The molecule has 0 aliphatic heterocycles. The van der Waals surface area contributed by atoms with Crippen LogP contribution >= 0.6 is 0 Å². The number of aromatic nitrogens is 2. The highest BCUT2D eigenvalue weighted by atomic mass is 32.2. The molecule has 0 aliphatic rings. The minimum absolute atomic E-state index is 0.0304. The average molecular weight is 297 g/mol. The lowest BCUT2D eigenvalue weighted by Crippen LogP contribution is -2.14. The van der Waals surface area contributed by atoms with Gasteiger partial charge < -0.3 is 15.5 Å². The smallest absolute Gasteiger partial charge is 0.226 e. The van der Waals surface area contributed by atoms with Gasteiger partial charge in [-0.15, -0.1) is 0 Å². The van der Waals surface area contributed by atoms with Crippen LogP contribution in [0.4, 0.5) is 5.69 Å². The Balaban J connectivity index is 2.07. The molecule has 0 atom stereocenters. The Morgan fingerprint density at radius 3 is 2.90 bits per heavy atom. The fourth-order valence-electron chi connectivity index (χ4n) is 1.76. The first kappa shape index (κ1) is 14.8. The van der Waals surface area contributed by atoms with Gasteiger partial charge in [0.15, 0.2) is 0 Å². The van der Waals surface area contributed by atoms with E-state index in [9.17, 15) is 8.42 Å². The minimum Gasteiger partial charge on any atom is -0.399 e. The SMILES string of the molecule is CCCCOCCS(=O)(=O)c1nc2ccc(N)cc2[nH]1. The van der Waals surface area contributed by atoms with E-state index in [0.29, 0.717) is 23.3 Å². The van der Waals surface area contributed by atoms with E-state index in [2.05, 4.69) is 16.9 Å². The van der Waals surface area contributed by atoms with Gasteiger partial charge in [0.05, 0.1) is 23.4 Å². The Morgan fingerprint density at radius 2 is 2.15 bits per heavy atom. The zero-order valence-electron chi connectivity index (χ0n) is 11.4. The molecule has 0 unspecified atom stereocenters. The van der Waals surface area contributed by atoms with E-state index in [1.165, 1.54) is 0 Å². The van der Waals surface area contributed by atoms with Crippen molar-refractivity contribution in [1.82, 2.24) is 9.97 Å². The summed E-state index contributed by atoms with van der Waals surface area (Å²) in [4.78, 5) is 6.88. The lowest BCUT2D eigenvalue weighted by molar-refractivity contribution is 0.146. The van der Waals surface area contributed by atoms with E-state index < -0.39 is 9.84 Å². The molecule has 3 N–H and O–H groups in total. The van der Waals surface area contributed by atoms with Crippen LogP contribution in [0.15, 0.2) is 23.4 Å². The number of nitrogens with two attached hydrogens (primary N) is 1. The molecule has 1 aromatic carbocycles. The molecular formula is C13H19N3O3S. The van der Waals surface area contributed by atoms with Crippen molar-refractivity contribution in [2.24, 2.45) is 0 Å². The lowest BCUT2D eigenvalue weighted by atomic mass is 10.3. The molecule has 1 heterocycles. The standard InChI is InChI=1S/C13H19N3O3S/c1-2-3-6-19-7-8-20(17,18)13-15-11-5-4-10(14)9-12(11)16-13/h4-5,9H,2-3,6-8,14H2,1H3,(H,15,16). The number of aromatic amines is 1. The number of benzene rings is 1. The summed E-state index contributed by atoms with van der Waals surface area (Å²) in [7, 11) is -3.45. The van der Waals surface area contributed by atoms with Crippen LogP contribution in [0.5, 0.6) is 0 Å². The molecule has 0 saturated carbocycles. The summed E-state index contributed by atoms with van der Waals surface area (Å²) >= 11 is 0. The van der Waals surface area contributed by atoms with E-state index in [1.54, 1.807) is 18.2 Å². The van der Waals surface area contributed by atoms with Gasteiger partial charge in [0, 0.05) is 12.3 Å². The van der Waals surface area contributed by atoms with E-state index >= 15 is 0 Å². The molecule has 110 valence electrons. The Kier molecular flexibility index (Phi) is 4.61. The average Bonchev–Trinajstić information content (AvgIpc) is 2.82. The van der Waals surface area contributed by atoms with Gasteiger partial charge in [0.25, 0.3) is 0 Å². The molecule has 0 radical (unpaired) electrons. The highest BCUT2D eigenvalue weighted by Gasteiger charge is 2.19. The lowest BCUT2D eigenvalue weighted by Gasteiger charge is -2.02. The number of sulfone groups is 1. The number of fused-ring (bicyclic) bond motifs is 1. The Hall–Kier alpha value is -1.60. The molecule has 6 nitrogen and oxygen atoms in total. The molecular weight excluding hydrogens is 278 g/mol. The Labute approximate surface area is 118 Å². The van der Waals surface area contributed by atoms with Gasteiger partial charge in [0.1, 0.15) is 0 Å². The predicted molar refractivity (Wildman–Crippen MR) is 78.3 cm³/mol. The van der Waals surface area contributed by atoms with Crippen LogP contribution in [0.2, 0.25) is 0 Å². The van der Waals surface area contributed by atoms with Gasteiger partial charge in [-0.05, 0) is 24.6 Å². The van der Waals surface area contributed by atoms with Gasteiger partial charge in [-0.25, -0.2) is 13.4 Å². The molecule has 1 aromatic heterocycles. The third kappa shape index (κ3) is 3.49. The summed E-state index contributed by atoms with van der Waals surface area (Å²) in [5.41, 5.74) is 7.42. The molecule has 2 rings (SSSR count). The molecule has 0 amide bonds. The van der Waals surface area contributed by atoms with E-state index in [1.807, 2.05) is 0 Å². The van der Waals surface area contributed by atoms with Crippen LogP contribution in [0.3, 0.4) is 0 Å². The van der Waals surface area contributed by atoms with Crippen LogP contribution in [-0.2, 0) is 14.6 Å². The molecule has 0 spiro atoms. The Morgan fingerprint density at radius 1 is 1.35 bits per heavy atom. The van der Waals surface area contributed by atoms with Crippen molar-refractivity contribution in [2.75, 3.05) is 24.7 Å². The van der Waals surface area contributed by atoms with Crippen LogP contribution in [0.1, 0.15) is 19.8 Å². The second-order valence-electron chi connectivity index (χ2n) is 4.60. The van der Waals surface area contributed by atoms with Crippen LogP contribution in [-0.4, -0.2) is 37.4 Å². The zero-order valence-corrected chi connectivity index (χ0v) is 12.2. The number of nitrogens with one attached hydrogen (secondary N) is 1. The second kappa shape index (κ2) is 6.23. The molecule has 7 heteroatoms. The zero-order chi connectivity index (χ0) is 14.6. The molecule has 0 saturated heterocycles. The third-order valence-electron chi connectivity index (χ3n) is 2.92. The number of imidazole rings is 1. The van der Waals surface area contributed by atoms with Crippen LogP contribution < -0.4 is 5.73 Å². The number of hydrogen-bond donors (Lipinski definition) is 2. The van der Waals surface area contributed by atoms with Crippen molar-refractivity contribution >= 4 is 26.6 Å². The van der Waals surface area contributed by atoms with Gasteiger partial charge in [-0.3, -0.25) is 0 Å². The first-order valence-electron chi connectivity index (χ1n) is 6.58. The highest BCUT2D eigenvalue weighted by Crippen LogP contribution is 2.17. The van der Waals surface area contributed by atoms with Crippen molar-refractivity contribution in [2.45, 2.75) is 24.9 Å². The van der Waals surface area contributed by atoms with Gasteiger partial charge >= 0.3 is 0 Å². The fourth-order valence-corrected chi connectivity index (χ4v) is 2.80. The highest BCUT2D eigenvalue weighted by molar-refractivity contribution is 7.91. The maximum Gasteiger partial charge on any atom is 0.226 e. The number of H-pyrrole nitrogens is 1. The normalized spacial score (nSPS) is 12.1. The molecule has 0 bridgehead atoms. The monoisotopic (exact) mass is 297 g/mol. The van der Waals surface area contributed by atoms with Crippen molar-refractivity contribution in [3.8, 4) is 0 Å². The first-order chi connectivity index (χ1) is 9.53. The maximum absolute atomic E-state index is 12.1. The van der Waals surface area contributed by atoms with Crippen molar-refractivity contribution in [3.63, 3.8) is 0 Å². The van der Waals surface area contributed by atoms with Crippen LogP contribution in [0, 0.1) is 0 Å². The largest absolute Gasteiger partial charge is 0.399 e. The summed E-state index contributed by atoms with van der Waals surface area (Å²) in [6, 6.07) is 5.05. The number of unbranched alkanes of at least 4 members (excludes halogenated alkanes) is 1. The molecule has 20 heavy (non-hydrogen) atoms. The summed E-state index contributed by atoms with van der Waals surface area (Å²) in [6.45, 7) is 2.82. The summed E-state index contributed by atoms with van der Waals surface area (Å²) in [5.74, 6) is -0.0774. The van der Waals surface area contributed by atoms with Crippen molar-refractivity contribution < 1.29 is 13.2 Å². The summed E-state index contributed by atoms with van der Waals surface area (Å²) in [5, 5.41) is -0.0304. The first-order valence-corrected chi connectivity index (χ1v) is 8.24.